The summed E-state index contributed by atoms with van der Waals surface area (Å²) in [5.41, 5.74) is 21.1. The highest BCUT2D eigenvalue weighted by atomic mass is 15.2. The monoisotopic (exact) mass is 667 g/mol. The maximum Gasteiger partial charge on any atom is 0.0744 e. The van der Waals surface area contributed by atoms with E-state index in [0.717, 1.165) is 60.2 Å². The lowest BCUT2D eigenvalue weighted by atomic mass is 9.82. The standard InChI is InChI=1S/C48H49N3/c1-5-34-25-27-36(31-34)47(49)42(29-26-35-17-10-9-11-18-35)46(6-2)50-37-19-16-22-39(32-37)51(38-20-12-7-8-13-21-38)40-28-30-45-43(33-40)41-23-14-15-24-44(41)48(45,3)4/h5-12,14-20,22-24,26-30,33,37-38H,2,13,21,25,31-32,49H2,1,3-4H3/b29-26+,34-5+,47-42?,50-46?. The fourth-order valence-electron chi connectivity index (χ4n) is 8.00. The van der Waals surface area contributed by atoms with Gasteiger partial charge in [0.1, 0.15) is 0 Å². The third-order valence-corrected chi connectivity index (χ3v) is 10.8. The van der Waals surface area contributed by atoms with Gasteiger partial charge in [0.05, 0.1) is 17.8 Å². The van der Waals surface area contributed by atoms with E-state index in [0.29, 0.717) is 0 Å². The molecule has 0 amide bonds. The zero-order chi connectivity index (χ0) is 35.4. The van der Waals surface area contributed by atoms with Crippen molar-refractivity contribution in [3.8, 4) is 11.1 Å². The molecule has 0 aromatic heterocycles. The number of hydrogen-bond acceptors (Lipinski definition) is 3. The van der Waals surface area contributed by atoms with Crippen molar-refractivity contribution < 1.29 is 0 Å². The second-order valence-corrected chi connectivity index (χ2v) is 14.4. The highest BCUT2D eigenvalue weighted by Gasteiger charge is 2.36. The van der Waals surface area contributed by atoms with E-state index in [1.165, 1.54) is 39.2 Å². The Hall–Kier alpha value is -5.41. The molecule has 0 aliphatic heterocycles. The van der Waals surface area contributed by atoms with Crippen LogP contribution in [0.4, 0.5) is 5.69 Å². The first-order chi connectivity index (χ1) is 24.9. The molecule has 0 bridgehead atoms. The van der Waals surface area contributed by atoms with Gasteiger partial charge in [0.2, 0.25) is 0 Å². The molecule has 2 unspecified atom stereocenters. The van der Waals surface area contributed by atoms with Crippen molar-refractivity contribution in [1.29, 1.82) is 0 Å². The number of hydrogen-bond donors (Lipinski definition) is 1. The Bertz CT molecular complexity index is 2090. The summed E-state index contributed by atoms with van der Waals surface area (Å²) in [6.07, 6.45) is 30.9. The molecule has 0 fully saturated rings. The van der Waals surface area contributed by atoms with Crippen LogP contribution in [0.3, 0.4) is 0 Å². The average Bonchev–Trinajstić information content (AvgIpc) is 3.61. The number of rotatable bonds is 9. The van der Waals surface area contributed by atoms with Crippen LogP contribution >= 0.6 is 0 Å². The number of nitrogens with zero attached hydrogens (tertiary/aromatic N) is 2. The summed E-state index contributed by atoms with van der Waals surface area (Å²) < 4.78 is 0. The van der Waals surface area contributed by atoms with E-state index in [1.54, 1.807) is 0 Å². The van der Waals surface area contributed by atoms with Crippen molar-refractivity contribution in [3.05, 3.63) is 191 Å². The smallest absolute Gasteiger partial charge is 0.0744 e. The summed E-state index contributed by atoms with van der Waals surface area (Å²) in [6, 6.07) is 26.5. The van der Waals surface area contributed by atoms with Gasteiger partial charge in [0, 0.05) is 34.5 Å². The lowest BCUT2D eigenvalue weighted by Crippen LogP contribution is -2.35. The maximum absolute atomic E-state index is 7.00. The SMILES string of the molecule is C=CC(=NC1C=CC=C(N(c2ccc3c(c2)-c2ccccc2C3(C)C)C2C=CC=CCC2)C1)C(/C=C/c1ccccc1)=C(N)C1=CC/C(=C\C)C1. The zero-order valence-corrected chi connectivity index (χ0v) is 30.2. The molecule has 3 aromatic carbocycles. The van der Waals surface area contributed by atoms with E-state index in [4.69, 9.17) is 10.7 Å². The summed E-state index contributed by atoms with van der Waals surface area (Å²) in [7, 11) is 0. The highest BCUT2D eigenvalue weighted by molar-refractivity contribution is 6.11. The Morgan fingerprint density at radius 3 is 2.55 bits per heavy atom. The minimum Gasteiger partial charge on any atom is -0.398 e. The molecule has 2 atom stereocenters. The first-order valence-corrected chi connectivity index (χ1v) is 18.4. The molecular formula is C48H49N3. The molecule has 256 valence electrons. The van der Waals surface area contributed by atoms with Gasteiger partial charge in [-0.2, -0.15) is 0 Å². The van der Waals surface area contributed by atoms with Gasteiger partial charge >= 0.3 is 0 Å². The second kappa shape index (κ2) is 14.8. The van der Waals surface area contributed by atoms with Gasteiger partial charge in [-0.15, -0.1) is 0 Å². The summed E-state index contributed by atoms with van der Waals surface area (Å²) in [4.78, 5) is 7.93. The van der Waals surface area contributed by atoms with Crippen LogP contribution in [0.25, 0.3) is 17.2 Å². The van der Waals surface area contributed by atoms with E-state index in [-0.39, 0.29) is 17.5 Å². The second-order valence-electron chi connectivity index (χ2n) is 14.4. The Morgan fingerprint density at radius 2 is 1.75 bits per heavy atom. The largest absolute Gasteiger partial charge is 0.398 e. The van der Waals surface area contributed by atoms with Crippen LogP contribution in [-0.2, 0) is 5.41 Å². The Morgan fingerprint density at radius 1 is 0.941 bits per heavy atom. The zero-order valence-electron chi connectivity index (χ0n) is 30.2. The first-order valence-electron chi connectivity index (χ1n) is 18.4. The lowest BCUT2D eigenvalue weighted by molar-refractivity contribution is 0.651. The maximum atomic E-state index is 7.00. The van der Waals surface area contributed by atoms with E-state index < -0.39 is 0 Å². The number of aliphatic imine (C=N–C) groups is 1. The van der Waals surface area contributed by atoms with Crippen LogP contribution in [0, 0.1) is 0 Å². The van der Waals surface area contributed by atoms with Crippen molar-refractivity contribution in [3.63, 3.8) is 0 Å². The predicted octanol–water partition coefficient (Wildman–Crippen LogP) is 11.5. The molecule has 0 spiro atoms. The number of benzene rings is 3. The summed E-state index contributed by atoms with van der Waals surface area (Å²) in [5.74, 6) is 0. The van der Waals surface area contributed by atoms with Gasteiger partial charge in [-0.1, -0.05) is 147 Å². The summed E-state index contributed by atoms with van der Waals surface area (Å²) in [6.45, 7) is 11.0. The van der Waals surface area contributed by atoms with Crippen LogP contribution in [0.5, 0.6) is 0 Å². The summed E-state index contributed by atoms with van der Waals surface area (Å²) in [5, 5.41) is 0. The molecule has 3 heteroatoms. The van der Waals surface area contributed by atoms with Gasteiger partial charge < -0.3 is 10.6 Å². The molecule has 0 saturated heterocycles. The van der Waals surface area contributed by atoms with E-state index in [9.17, 15) is 0 Å². The minimum atomic E-state index is -0.0703. The molecule has 0 radical (unpaired) electrons. The topological polar surface area (TPSA) is 41.6 Å². The van der Waals surface area contributed by atoms with Crippen molar-refractivity contribution in [2.75, 3.05) is 4.90 Å². The third-order valence-electron chi connectivity index (χ3n) is 10.8. The van der Waals surface area contributed by atoms with Gasteiger partial charge in [0.25, 0.3) is 0 Å². The predicted molar refractivity (Wildman–Crippen MR) is 219 cm³/mol. The molecule has 51 heavy (non-hydrogen) atoms. The normalized spacial score (nSPS) is 21.9. The van der Waals surface area contributed by atoms with Crippen LogP contribution in [-0.4, -0.2) is 17.8 Å². The Labute approximate surface area is 304 Å². The molecule has 0 saturated carbocycles. The van der Waals surface area contributed by atoms with Crippen LogP contribution < -0.4 is 10.6 Å². The molecule has 4 aliphatic carbocycles. The molecule has 0 heterocycles. The van der Waals surface area contributed by atoms with Gasteiger partial charge in [0.15, 0.2) is 0 Å². The fraction of sp³-hybridized carbons (Fsp3) is 0.229. The van der Waals surface area contributed by atoms with Crippen molar-refractivity contribution in [2.24, 2.45) is 10.7 Å². The Balaban J connectivity index is 1.25. The molecule has 3 aromatic rings. The molecule has 2 N–H and O–H groups in total. The van der Waals surface area contributed by atoms with Gasteiger partial charge in [-0.3, -0.25) is 4.99 Å². The van der Waals surface area contributed by atoms with Crippen LogP contribution in [0.1, 0.15) is 69.6 Å². The summed E-state index contributed by atoms with van der Waals surface area (Å²) >= 11 is 0. The third kappa shape index (κ3) is 6.99. The van der Waals surface area contributed by atoms with E-state index in [1.807, 2.05) is 12.1 Å². The molecule has 3 nitrogen and oxygen atoms in total. The number of nitrogens with two attached hydrogens (primary N) is 1. The lowest BCUT2D eigenvalue weighted by Gasteiger charge is -2.36. The highest BCUT2D eigenvalue weighted by Crippen LogP contribution is 2.50. The van der Waals surface area contributed by atoms with Crippen LogP contribution in [0.15, 0.2) is 179 Å². The Kier molecular flexibility index (Phi) is 9.90. The number of fused-ring (bicyclic) bond motifs is 3. The molecule has 7 rings (SSSR count). The molecule has 4 aliphatic rings. The van der Waals surface area contributed by atoms with Crippen molar-refractivity contribution in [1.82, 2.24) is 0 Å². The fourth-order valence-corrected chi connectivity index (χ4v) is 8.00. The van der Waals surface area contributed by atoms with Gasteiger partial charge in [-0.25, -0.2) is 0 Å². The first kappa shape index (κ1) is 34.1. The van der Waals surface area contributed by atoms with Gasteiger partial charge in [-0.05, 0) is 90.3 Å². The molecular weight excluding hydrogens is 619 g/mol. The van der Waals surface area contributed by atoms with Crippen LogP contribution in [0.2, 0.25) is 0 Å². The minimum absolute atomic E-state index is 0.0276. The van der Waals surface area contributed by atoms with Crippen molar-refractivity contribution in [2.45, 2.75) is 70.4 Å². The number of allylic oxidation sites excluding steroid dienone is 12. The van der Waals surface area contributed by atoms with E-state index >= 15 is 0 Å². The quantitative estimate of drug-likeness (QED) is 0.140. The van der Waals surface area contributed by atoms with Crippen molar-refractivity contribution >= 4 is 17.5 Å². The number of anilines is 1. The van der Waals surface area contributed by atoms with E-state index in [2.05, 4.69) is 166 Å². The average molecular weight is 668 g/mol.